The Morgan fingerprint density at radius 3 is 2.25 bits per heavy atom. The van der Waals surface area contributed by atoms with E-state index in [-0.39, 0.29) is 0 Å². The molecule has 0 heterocycles. The van der Waals surface area contributed by atoms with Gasteiger partial charge in [-0.25, -0.2) is 4.39 Å². The molecule has 0 aliphatic rings. The Labute approximate surface area is 103 Å². The third-order valence-corrected chi connectivity index (χ3v) is 2.38. The number of hydrogen-bond donors (Lipinski definition) is 0. The van der Waals surface area contributed by atoms with E-state index in [4.69, 9.17) is 34.8 Å². The highest BCUT2D eigenvalue weighted by Gasteiger charge is 2.31. The SMILES string of the molecule is O=[N+]([O-])c1c(F)c(F)c(Cl)c(OCCl)c1Cl. The Bertz CT molecular complexity index is 455. The molecular weight excluding hydrogens is 290 g/mol. The molecule has 9 heteroatoms. The van der Waals surface area contributed by atoms with Crippen molar-refractivity contribution in [2.45, 2.75) is 0 Å². The minimum atomic E-state index is -1.75. The quantitative estimate of drug-likeness (QED) is 0.280. The molecule has 88 valence electrons. The number of halogens is 5. The topological polar surface area (TPSA) is 52.4 Å². The molecule has 0 unspecified atom stereocenters. The van der Waals surface area contributed by atoms with Crippen molar-refractivity contribution < 1.29 is 18.4 Å². The molecule has 1 aromatic rings. The van der Waals surface area contributed by atoms with Crippen LogP contribution in [0.15, 0.2) is 0 Å². The maximum absolute atomic E-state index is 13.1. The van der Waals surface area contributed by atoms with Gasteiger partial charge in [0.05, 0.1) is 4.92 Å². The lowest BCUT2D eigenvalue weighted by Crippen LogP contribution is -2.02. The van der Waals surface area contributed by atoms with Crippen molar-refractivity contribution in [2.75, 3.05) is 6.07 Å². The van der Waals surface area contributed by atoms with E-state index in [0.29, 0.717) is 0 Å². The van der Waals surface area contributed by atoms with Gasteiger partial charge in [0.1, 0.15) is 5.02 Å². The molecule has 0 fully saturated rings. The van der Waals surface area contributed by atoms with Crippen LogP contribution in [-0.2, 0) is 0 Å². The number of rotatable bonds is 3. The highest BCUT2D eigenvalue weighted by molar-refractivity contribution is 6.38. The van der Waals surface area contributed by atoms with Crippen LogP contribution in [0.25, 0.3) is 0 Å². The van der Waals surface area contributed by atoms with Crippen molar-refractivity contribution in [3.05, 3.63) is 31.8 Å². The normalized spacial score (nSPS) is 10.3. The van der Waals surface area contributed by atoms with Crippen LogP contribution >= 0.6 is 34.8 Å². The van der Waals surface area contributed by atoms with Gasteiger partial charge in [-0.05, 0) is 0 Å². The van der Waals surface area contributed by atoms with Crippen LogP contribution in [-0.4, -0.2) is 11.0 Å². The van der Waals surface area contributed by atoms with Crippen molar-refractivity contribution in [2.24, 2.45) is 0 Å². The van der Waals surface area contributed by atoms with Crippen LogP contribution in [0.1, 0.15) is 0 Å². The van der Waals surface area contributed by atoms with Gasteiger partial charge in [0.2, 0.25) is 5.82 Å². The van der Waals surface area contributed by atoms with E-state index in [1.165, 1.54) is 0 Å². The van der Waals surface area contributed by atoms with Gasteiger partial charge in [0.25, 0.3) is 0 Å². The zero-order valence-electron chi connectivity index (χ0n) is 7.27. The minimum absolute atomic E-state index is 0.471. The Balaban J connectivity index is 3.58. The molecule has 0 aliphatic carbocycles. The summed E-state index contributed by atoms with van der Waals surface area (Å²) in [6, 6.07) is -0.471. The number of benzene rings is 1. The van der Waals surface area contributed by atoms with Crippen LogP contribution in [0.3, 0.4) is 0 Å². The molecule has 0 saturated carbocycles. The van der Waals surface area contributed by atoms with Gasteiger partial charge in [-0.3, -0.25) is 10.1 Å². The second-order valence-corrected chi connectivity index (χ2v) is 3.42. The van der Waals surface area contributed by atoms with Crippen molar-refractivity contribution in [1.29, 1.82) is 0 Å². The van der Waals surface area contributed by atoms with Gasteiger partial charge < -0.3 is 4.74 Å². The second kappa shape index (κ2) is 4.99. The smallest absolute Gasteiger partial charge is 0.330 e. The zero-order valence-corrected chi connectivity index (χ0v) is 9.54. The lowest BCUT2D eigenvalue weighted by atomic mass is 10.2. The van der Waals surface area contributed by atoms with E-state index in [0.717, 1.165) is 0 Å². The van der Waals surface area contributed by atoms with Gasteiger partial charge >= 0.3 is 5.69 Å². The number of ether oxygens (including phenoxy) is 1. The van der Waals surface area contributed by atoms with Crippen LogP contribution in [0, 0.1) is 21.7 Å². The Kier molecular flexibility index (Phi) is 4.12. The molecule has 16 heavy (non-hydrogen) atoms. The summed E-state index contributed by atoms with van der Waals surface area (Å²) in [7, 11) is 0. The molecule has 0 atom stereocenters. The summed E-state index contributed by atoms with van der Waals surface area (Å²) in [6.07, 6.45) is 0. The number of alkyl halides is 1. The van der Waals surface area contributed by atoms with Crippen LogP contribution < -0.4 is 4.74 Å². The standard InChI is InChI=1S/C7H2Cl3F2NO3/c8-1-16-7-2(9)4(11)5(12)6(3(7)10)13(14)15/h1H2. The first kappa shape index (κ1) is 13.2. The lowest BCUT2D eigenvalue weighted by Gasteiger charge is -2.08. The number of nitro groups is 1. The fourth-order valence-electron chi connectivity index (χ4n) is 0.942. The van der Waals surface area contributed by atoms with Crippen molar-refractivity contribution in [1.82, 2.24) is 0 Å². The maximum atomic E-state index is 13.1. The van der Waals surface area contributed by atoms with E-state index in [1.54, 1.807) is 0 Å². The molecule has 0 radical (unpaired) electrons. The molecule has 0 bridgehead atoms. The summed E-state index contributed by atoms with van der Waals surface area (Å²) in [6.45, 7) is 0. The summed E-state index contributed by atoms with van der Waals surface area (Å²) < 4.78 is 30.8. The van der Waals surface area contributed by atoms with Gasteiger partial charge in [0.15, 0.2) is 22.7 Å². The predicted octanol–water partition coefficient (Wildman–Crippen LogP) is 3.75. The Morgan fingerprint density at radius 2 is 1.81 bits per heavy atom. The first-order chi connectivity index (χ1) is 7.41. The van der Waals surface area contributed by atoms with E-state index in [1.807, 2.05) is 0 Å². The van der Waals surface area contributed by atoms with E-state index in [9.17, 15) is 18.9 Å². The summed E-state index contributed by atoms with van der Waals surface area (Å²) in [4.78, 5) is 9.26. The Morgan fingerprint density at radius 1 is 1.25 bits per heavy atom. The van der Waals surface area contributed by atoms with Crippen LogP contribution in [0.5, 0.6) is 5.75 Å². The van der Waals surface area contributed by atoms with Crippen molar-refractivity contribution >= 4 is 40.5 Å². The second-order valence-electron chi connectivity index (χ2n) is 2.44. The monoisotopic (exact) mass is 291 g/mol. The molecular formula is C7H2Cl3F2NO3. The highest BCUT2D eigenvalue weighted by Crippen LogP contribution is 2.43. The van der Waals surface area contributed by atoms with Crippen molar-refractivity contribution in [3.8, 4) is 5.75 Å². The first-order valence-corrected chi connectivity index (χ1v) is 4.90. The molecule has 0 saturated heterocycles. The molecule has 0 aromatic heterocycles. The summed E-state index contributed by atoms with van der Waals surface area (Å²) in [5, 5.41) is 8.91. The molecule has 1 aromatic carbocycles. The largest absolute Gasteiger partial charge is 0.474 e. The average molecular weight is 292 g/mol. The summed E-state index contributed by atoms with van der Waals surface area (Å²) in [5.41, 5.74) is -1.25. The van der Waals surface area contributed by atoms with E-state index in [2.05, 4.69) is 4.74 Å². The third-order valence-electron chi connectivity index (χ3n) is 1.58. The molecule has 0 amide bonds. The van der Waals surface area contributed by atoms with Crippen LogP contribution in [0.4, 0.5) is 14.5 Å². The minimum Gasteiger partial charge on any atom is -0.474 e. The number of hydrogen-bond acceptors (Lipinski definition) is 3. The lowest BCUT2D eigenvalue weighted by molar-refractivity contribution is -0.387. The predicted molar refractivity (Wildman–Crippen MR) is 54.4 cm³/mol. The van der Waals surface area contributed by atoms with Gasteiger partial charge in [-0.15, -0.1) is 0 Å². The average Bonchev–Trinajstić information content (AvgIpc) is 2.21. The van der Waals surface area contributed by atoms with E-state index < -0.39 is 44.1 Å². The Hall–Kier alpha value is -0.850. The summed E-state index contributed by atoms with van der Waals surface area (Å²) in [5.74, 6) is -3.93. The maximum Gasteiger partial charge on any atom is 0.330 e. The van der Waals surface area contributed by atoms with Gasteiger partial charge in [0, 0.05) is 0 Å². The molecule has 4 nitrogen and oxygen atoms in total. The summed E-state index contributed by atoms with van der Waals surface area (Å²) >= 11 is 16.0. The molecule has 0 aliphatic heterocycles. The van der Waals surface area contributed by atoms with Gasteiger partial charge in [-0.1, -0.05) is 34.8 Å². The third kappa shape index (κ3) is 2.14. The first-order valence-electron chi connectivity index (χ1n) is 3.60. The van der Waals surface area contributed by atoms with Gasteiger partial charge in [-0.2, -0.15) is 4.39 Å². The van der Waals surface area contributed by atoms with E-state index >= 15 is 0 Å². The number of nitro benzene ring substituents is 1. The van der Waals surface area contributed by atoms with Crippen molar-refractivity contribution in [3.63, 3.8) is 0 Å². The highest BCUT2D eigenvalue weighted by atomic mass is 35.5. The zero-order chi connectivity index (χ0) is 12.5. The molecule has 0 spiro atoms. The molecule has 1 rings (SSSR count). The molecule has 0 N–H and O–H groups in total. The number of nitrogens with zero attached hydrogens (tertiary/aromatic N) is 1. The van der Waals surface area contributed by atoms with Crippen LogP contribution in [0.2, 0.25) is 10.0 Å². The fourth-order valence-corrected chi connectivity index (χ4v) is 1.63. The fraction of sp³-hybridized carbons (Fsp3) is 0.143.